The summed E-state index contributed by atoms with van der Waals surface area (Å²) in [6, 6.07) is 0. The third kappa shape index (κ3) is 3.93. The molecular weight excluding hydrogens is 238 g/mol. The number of sulfone groups is 1. The quantitative estimate of drug-likeness (QED) is 0.783. The number of nitrogens with one attached hydrogen (secondary N) is 1. The minimum absolute atomic E-state index is 0.554. The fraction of sp³-hybridized carbons (Fsp3) is 1.00. The summed E-state index contributed by atoms with van der Waals surface area (Å²) in [5.74, 6) is 0.589. The van der Waals surface area contributed by atoms with Gasteiger partial charge >= 0.3 is 0 Å². The van der Waals surface area contributed by atoms with Crippen LogP contribution in [0, 0.1) is 5.92 Å². The first-order valence-corrected chi connectivity index (χ1v) is 8.28. The second kappa shape index (κ2) is 6.16. The van der Waals surface area contributed by atoms with Gasteiger partial charge < -0.3 is 10.1 Å². The van der Waals surface area contributed by atoms with E-state index in [0.717, 1.165) is 13.0 Å². The van der Waals surface area contributed by atoms with Crippen LogP contribution in [0.25, 0.3) is 0 Å². The van der Waals surface area contributed by atoms with E-state index >= 15 is 0 Å². The van der Waals surface area contributed by atoms with Crippen molar-refractivity contribution in [3.8, 4) is 0 Å². The molecule has 0 spiro atoms. The van der Waals surface area contributed by atoms with Crippen molar-refractivity contribution in [1.29, 1.82) is 0 Å². The van der Waals surface area contributed by atoms with Gasteiger partial charge in [0, 0.05) is 26.0 Å². The lowest BCUT2D eigenvalue weighted by atomic mass is 9.98. The molecule has 0 radical (unpaired) electrons. The predicted octanol–water partition coefficient (Wildman–Crippen LogP) is 1.22. The Labute approximate surface area is 105 Å². The first-order chi connectivity index (χ1) is 7.91. The van der Waals surface area contributed by atoms with Crippen LogP contribution in [-0.2, 0) is 14.6 Å². The van der Waals surface area contributed by atoms with Crippen molar-refractivity contribution >= 4 is 9.84 Å². The van der Waals surface area contributed by atoms with E-state index in [1.807, 2.05) is 0 Å². The molecule has 0 unspecified atom stereocenters. The van der Waals surface area contributed by atoms with Crippen LogP contribution in [0.4, 0.5) is 0 Å². The molecule has 0 aromatic heterocycles. The fourth-order valence-corrected chi connectivity index (χ4v) is 3.39. The molecule has 1 N–H and O–H groups in total. The molecular formula is C12H25NO3S. The monoisotopic (exact) mass is 263 g/mol. The van der Waals surface area contributed by atoms with Crippen molar-refractivity contribution in [2.24, 2.45) is 5.92 Å². The van der Waals surface area contributed by atoms with Gasteiger partial charge in [0.2, 0.25) is 0 Å². The molecule has 1 rings (SSSR count). The molecule has 0 aromatic rings. The largest absolute Gasteiger partial charge is 0.381 e. The minimum Gasteiger partial charge on any atom is -0.381 e. The van der Waals surface area contributed by atoms with E-state index in [2.05, 4.69) is 19.2 Å². The molecule has 0 aromatic carbocycles. The van der Waals surface area contributed by atoms with Crippen LogP contribution in [0.1, 0.15) is 33.1 Å². The minimum atomic E-state index is -3.03. The Hall–Kier alpha value is -0.130. The highest BCUT2D eigenvalue weighted by molar-refractivity contribution is 7.92. The summed E-state index contributed by atoms with van der Waals surface area (Å²) in [5, 5.41) is 3.32. The molecule has 0 aliphatic carbocycles. The number of ether oxygens (including phenoxy) is 1. The topological polar surface area (TPSA) is 55.4 Å². The van der Waals surface area contributed by atoms with Gasteiger partial charge in [-0.3, -0.25) is 0 Å². The van der Waals surface area contributed by atoms with E-state index in [1.54, 1.807) is 0 Å². The summed E-state index contributed by atoms with van der Waals surface area (Å²) in [7, 11) is -3.03. The Kier molecular flexibility index (Phi) is 5.41. The standard InChI is InChI=1S/C12H25NO3S/c1-4-11(2)9-13-10-12(17(3,14)15)5-7-16-8-6-12/h11,13H,4-10H2,1-3H3/t11-/m0/s1. The highest BCUT2D eigenvalue weighted by Gasteiger charge is 2.41. The van der Waals surface area contributed by atoms with Gasteiger partial charge in [-0.05, 0) is 25.3 Å². The molecule has 1 aliphatic rings. The predicted molar refractivity (Wildman–Crippen MR) is 70.0 cm³/mol. The highest BCUT2D eigenvalue weighted by atomic mass is 32.2. The SMILES string of the molecule is CC[C@H](C)CNCC1(S(C)(=O)=O)CCOCC1. The second-order valence-electron chi connectivity index (χ2n) is 5.21. The normalized spacial score (nSPS) is 22.3. The molecule has 0 bridgehead atoms. The molecule has 5 heteroatoms. The molecule has 1 aliphatic heterocycles. The summed E-state index contributed by atoms with van der Waals surface area (Å²) in [4.78, 5) is 0. The van der Waals surface area contributed by atoms with Gasteiger partial charge in [0.15, 0.2) is 9.84 Å². The zero-order valence-corrected chi connectivity index (χ0v) is 12.0. The van der Waals surface area contributed by atoms with Crippen LogP contribution in [0.5, 0.6) is 0 Å². The van der Waals surface area contributed by atoms with Gasteiger partial charge in [-0.15, -0.1) is 0 Å². The molecule has 1 saturated heterocycles. The summed E-state index contributed by atoms with van der Waals surface area (Å²) in [6.07, 6.45) is 3.68. The maximum absolute atomic E-state index is 12.0. The molecule has 17 heavy (non-hydrogen) atoms. The van der Waals surface area contributed by atoms with E-state index < -0.39 is 14.6 Å². The van der Waals surface area contributed by atoms with Gasteiger partial charge in [-0.25, -0.2) is 8.42 Å². The molecule has 1 fully saturated rings. The van der Waals surface area contributed by atoms with Crippen LogP contribution < -0.4 is 5.32 Å². The second-order valence-corrected chi connectivity index (χ2v) is 7.62. The lowest BCUT2D eigenvalue weighted by Gasteiger charge is -2.35. The fourth-order valence-electron chi connectivity index (χ4n) is 2.11. The van der Waals surface area contributed by atoms with E-state index in [4.69, 9.17) is 4.74 Å². The zero-order chi connectivity index (χ0) is 12.9. The lowest BCUT2D eigenvalue weighted by Crippen LogP contribution is -2.51. The van der Waals surface area contributed by atoms with Gasteiger partial charge in [0.05, 0.1) is 4.75 Å². The smallest absolute Gasteiger partial charge is 0.154 e. The van der Waals surface area contributed by atoms with Crippen molar-refractivity contribution in [3.63, 3.8) is 0 Å². The molecule has 102 valence electrons. The summed E-state index contributed by atoms with van der Waals surface area (Å²) in [6.45, 7) is 6.86. The number of rotatable bonds is 6. The Morgan fingerprint density at radius 1 is 1.35 bits per heavy atom. The molecule has 0 saturated carbocycles. The Bertz CT molecular complexity index is 321. The van der Waals surface area contributed by atoms with E-state index in [0.29, 0.717) is 38.5 Å². The van der Waals surface area contributed by atoms with Crippen LogP contribution >= 0.6 is 0 Å². The molecule has 1 atom stereocenters. The zero-order valence-electron chi connectivity index (χ0n) is 11.2. The third-order valence-corrected chi connectivity index (χ3v) is 5.95. The Morgan fingerprint density at radius 2 is 1.94 bits per heavy atom. The molecule has 1 heterocycles. The summed E-state index contributed by atoms with van der Waals surface area (Å²) in [5.41, 5.74) is 0. The highest BCUT2D eigenvalue weighted by Crippen LogP contribution is 2.28. The van der Waals surface area contributed by atoms with Gasteiger partial charge in [-0.2, -0.15) is 0 Å². The van der Waals surface area contributed by atoms with E-state index in [9.17, 15) is 8.42 Å². The maximum atomic E-state index is 12.0. The van der Waals surface area contributed by atoms with Crippen molar-refractivity contribution in [2.75, 3.05) is 32.6 Å². The van der Waals surface area contributed by atoms with Crippen molar-refractivity contribution in [2.45, 2.75) is 37.9 Å². The average molecular weight is 263 g/mol. The maximum Gasteiger partial charge on any atom is 0.154 e. The average Bonchev–Trinajstić information content (AvgIpc) is 2.28. The first kappa shape index (κ1) is 14.9. The lowest BCUT2D eigenvalue weighted by molar-refractivity contribution is 0.0743. The number of hydrogen-bond acceptors (Lipinski definition) is 4. The van der Waals surface area contributed by atoms with Crippen molar-refractivity contribution in [1.82, 2.24) is 5.32 Å². The van der Waals surface area contributed by atoms with E-state index in [1.165, 1.54) is 6.26 Å². The number of hydrogen-bond donors (Lipinski definition) is 1. The van der Waals surface area contributed by atoms with Crippen LogP contribution in [0.15, 0.2) is 0 Å². The molecule has 0 amide bonds. The van der Waals surface area contributed by atoms with Crippen LogP contribution in [0.3, 0.4) is 0 Å². The first-order valence-electron chi connectivity index (χ1n) is 6.39. The van der Waals surface area contributed by atoms with Crippen LogP contribution in [-0.4, -0.2) is 45.7 Å². The van der Waals surface area contributed by atoms with Crippen molar-refractivity contribution < 1.29 is 13.2 Å². The van der Waals surface area contributed by atoms with E-state index in [-0.39, 0.29) is 0 Å². The van der Waals surface area contributed by atoms with Crippen molar-refractivity contribution in [3.05, 3.63) is 0 Å². The summed E-state index contributed by atoms with van der Waals surface area (Å²) >= 11 is 0. The van der Waals surface area contributed by atoms with Crippen LogP contribution in [0.2, 0.25) is 0 Å². The van der Waals surface area contributed by atoms with Gasteiger partial charge in [0.1, 0.15) is 0 Å². The van der Waals surface area contributed by atoms with Gasteiger partial charge in [0.25, 0.3) is 0 Å². The van der Waals surface area contributed by atoms with Gasteiger partial charge in [-0.1, -0.05) is 20.3 Å². The molecule has 4 nitrogen and oxygen atoms in total. The Morgan fingerprint density at radius 3 is 2.41 bits per heavy atom. The third-order valence-electron chi connectivity index (χ3n) is 3.83. The Balaban J connectivity index is 2.59. The summed E-state index contributed by atoms with van der Waals surface area (Å²) < 4.78 is 28.6.